The van der Waals surface area contributed by atoms with Crippen molar-refractivity contribution in [3.63, 3.8) is 0 Å². The fourth-order valence-electron chi connectivity index (χ4n) is 1.97. The minimum absolute atomic E-state index is 0.0209. The molecule has 0 radical (unpaired) electrons. The molecule has 0 saturated carbocycles. The van der Waals surface area contributed by atoms with Gasteiger partial charge in [-0.3, -0.25) is 4.79 Å². The summed E-state index contributed by atoms with van der Waals surface area (Å²) in [5, 5.41) is 22.3. The summed E-state index contributed by atoms with van der Waals surface area (Å²) in [6, 6.07) is 14.0. The van der Waals surface area contributed by atoms with Crippen LogP contribution in [0.5, 0.6) is 5.75 Å². The third-order valence-electron chi connectivity index (χ3n) is 3.08. The van der Waals surface area contributed by atoms with Crippen molar-refractivity contribution in [2.75, 3.05) is 5.32 Å². The van der Waals surface area contributed by atoms with Gasteiger partial charge in [-0.25, -0.2) is 0 Å². The predicted molar refractivity (Wildman–Crippen MR) is 77.5 cm³/mol. The van der Waals surface area contributed by atoms with E-state index in [-0.39, 0.29) is 18.1 Å². The molecule has 0 aliphatic rings. The Bertz CT molecular complexity index is 576. The average molecular weight is 271 g/mol. The average Bonchev–Trinajstić information content (AvgIpc) is 2.44. The normalized spacial score (nSPS) is 11.9. The predicted octanol–water partition coefficient (Wildman–Crippen LogP) is 2.76. The molecule has 3 N–H and O–H groups in total. The Morgan fingerprint density at radius 1 is 1.15 bits per heavy atom. The molecule has 1 unspecified atom stereocenters. The summed E-state index contributed by atoms with van der Waals surface area (Å²) in [4.78, 5) is 11.9. The van der Waals surface area contributed by atoms with Gasteiger partial charge in [0, 0.05) is 0 Å². The Labute approximate surface area is 117 Å². The standard InChI is InChI=1S/C16H17NO3/c1-11-6-5-9-13(18)16(11)17-15(20)10-14(19)12-7-3-2-4-8-12/h2-9,14,18-19H,10H2,1H3,(H,17,20). The zero-order valence-electron chi connectivity index (χ0n) is 11.2. The van der Waals surface area contributed by atoms with Crippen molar-refractivity contribution in [3.05, 3.63) is 59.7 Å². The van der Waals surface area contributed by atoms with E-state index < -0.39 is 6.10 Å². The molecule has 0 spiro atoms. The van der Waals surface area contributed by atoms with Crippen LogP contribution in [0.15, 0.2) is 48.5 Å². The topological polar surface area (TPSA) is 69.6 Å². The van der Waals surface area contributed by atoms with Crippen LogP contribution in [0.1, 0.15) is 23.7 Å². The van der Waals surface area contributed by atoms with E-state index in [4.69, 9.17) is 0 Å². The third-order valence-corrected chi connectivity index (χ3v) is 3.08. The van der Waals surface area contributed by atoms with E-state index in [2.05, 4.69) is 5.32 Å². The van der Waals surface area contributed by atoms with E-state index in [9.17, 15) is 15.0 Å². The van der Waals surface area contributed by atoms with Crippen LogP contribution in [0, 0.1) is 6.92 Å². The summed E-state index contributed by atoms with van der Waals surface area (Å²) in [6.45, 7) is 1.79. The molecular weight excluding hydrogens is 254 g/mol. The second-order valence-corrected chi connectivity index (χ2v) is 4.65. The molecule has 4 nitrogen and oxygen atoms in total. The van der Waals surface area contributed by atoms with E-state index >= 15 is 0 Å². The summed E-state index contributed by atoms with van der Waals surface area (Å²) in [7, 11) is 0. The highest BCUT2D eigenvalue weighted by atomic mass is 16.3. The number of phenols is 1. The lowest BCUT2D eigenvalue weighted by Gasteiger charge is -2.13. The van der Waals surface area contributed by atoms with Gasteiger partial charge < -0.3 is 15.5 Å². The number of aliphatic hydroxyl groups excluding tert-OH is 1. The molecule has 0 bridgehead atoms. The van der Waals surface area contributed by atoms with Crippen molar-refractivity contribution in [1.29, 1.82) is 0 Å². The van der Waals surface area contributed by atoms with Crippen molar-refractivity contribution >= 4 is 11.6 Å². The molecule has 0 aliphatic heterocycles. The van der Waals surface area contributed by atoms with Gasteiger partial charge in [0.05, 0.1) is 18.2 Å². The molecule has 20 heavy (non-hydrogen) atoms. The zero-order chi connectivity index (χ0) is 14.5. The largest absolute Gasteiger partial charge is 0.506 e. The van der Waals surface area contributed by atoms with Crippen LogP contribution in [0.4, 0.5) is 5.69 Å². The number of hydrogen-bond donors (Lipinski definition) is 3. The second kappa shape index (κ2) is 6.21. The maximum absolute atomic E-state index is 11.9. The molecule has 2 rings (SSSR count). The fourth-order valence-corrected chi connectivity index (χ4v) is 1.97. The Balaban J connectivity index is 2.03. The summed E-state index contributed by atoms with van der Waals surface area (Å²) in [5.41, 5.74) is 1.85. The maximum Gasteiger partial charge on any atom is 0.227 e. The monoisotopic (exact) mass is 271 g/mol. The highest BCUT2D eigenvalue weighted by molar-refractivity contribution is 5.93. The minimum Gasteiger partial charge on any atom is -0.506 e. The number of para-hydroxylation sites is 1. The number of aryl methyl sites for hydroxylation is 1. The van der Waals surface area contributed by atoms with Gasteiger partial charge in [0.15, 0.2) is 0 Å². The van der Waals surface area contributed by atoms with E-state index in [1.807, 2.05) is 18.2 Å². The molecule has 1 amide bonds. The van der Waals surface area contributed by atoms with Crippen molar-refractivity contribution in [3.8, 4) is 5.75 Å². The zero-order valence-corrected chi connectivity index (χ0v) is 11.2. The number of aromatic hydroxyl groups is 1. The highest BCUT2D eigenvalue weighted by Gasteiger charge is 2.14. The molecule has 2 aromatic rings. The fraction of sp³-hybridized carbons (Fsp3) is 0.188. The Morgan fingerprint density at radius 3 is 2.50 bits per heavy atom. The van der Waals surface area contributed by atoms with E-state index in [1.54, 1.807) is 31.2 Å². The van der Waals surface area contributed by atoms with Crippen LogP contribution >= 0.6 is 0 Å². The van der Waals surface area contributed by atoms with Gasteiger partial charge in [-0.05, 0) is 24.1 Å². The third kappa shape index (κ3) is 3.36. The van der Waals surface area contributed by atoms with Gasteiger partial charge in [0.2, 0.25) is 5.91 Å². The highest BCUT2D eigenvalue weighted by Crippen LogP contribution is 2.27. The molecule has 0 heterocycles. The number of carbonyl (C=O) groups is 1. The maximum atomic E-state index is 11.9. The second-order valence-electron chi connectivity index (χ2n) is 4.65. The van der Waals surface area contributed by atoms with Crippen molar-refractivity contribution in [1.82, 2.24) is 0 Å². The summed E-state index contributed by atoms with van der Waals surface area (Å²) >= 11 is 0. The van der Waals surface area contributed by atoms with Gasteiger partial charge in [0.25, 0.3) is 0 Å². The molecule has 104 valence electrons. The number of carbonyl (C=O) groups excluding carboxylic acids is 1. The molecule has 1 atom stereocenters. The first-order chi connectivity index (χ1) is 9.58. The quantitative estimate of drug-likeness (QED) is 0.749. The number of amides is 1. The summed E-state index contributed by atoms with van der Waals surface area (Å²) < 4.78 is 0. The molecule has 0 aliphatic carbocycles. The van der Waals surface area contributed by atoms with Crippen LogP contribution in [0.3, 0.4) is 0 Å². The van der Waals surface area contributed by atoms with Gasteiger partial charge in [-0.2, -0.15) is 0 Å². The lowest BCUT2D eigenvalue weighted by Crippen LogP contribution is -2.16. The first-order valence-corrected chi connectivity index (χ1v) is 6.39. The number of aliphatic hydroxyl groups is 1. The van der Waals surface area contributed by atoms with Gasteiger partial charge in [-0.15, -0.1) is 0 Å². The number of rotatable bonds is 4. The van der Waals surface area contributed by atoms with Crippen LogP contribution in [0.25, 0.3) is 0 Å². The molecule has 2 aromatic carbocycles. The molecule has 0 aromatic heterocycles. The number of anilines is 1. The van der Waals surface area contributed by atoms with E-state index in [0.717, 1.165) is 5.56 Å². The van der Waals surface area contributed by atoms with E-state index in [0.29, 0.717) is 11.3 Å². The Hall–Kier alpha value is -2.33. The summed E-state index contributed by atoms with van der Waals surface area (Å²) in [6.07, 6.45) is -0.917. The number of nitrogens with one attached hydrogen (secondary N) is 1. The first-order valence-electron chi connectivity index (χ1n) is 6.39. The molecule has 0 saturated heterocycles. The smallest absolute Gasteiger partial charge is 0.227 e. The molecule has 4 heteroatoms. The van der Waals surface area contributed by atoms with Gasteiger partial charge in [0.1, 0.15) is 5.75 Å². The Kier molecular flexibility index (Phi) is 4.38. The number of hydrogen-bond acceptors (Lipinski definition) is 3. The minimum atomic E-state index is -0.859. The molecular formula is C16H17NO3. The first kappa shape index (κ1) is 14.1. The van der Waals surface area contributed by atoms with Crippen molar-refractivity contribution in [2.45, 2.75) is 19.4 Å². The van der Waals surface area contributed by atoms with Crippen molar-refractivity contribution < 1.29 is 15.0 Å². The van der Waals surface area contributed by atoms with E-state index in [1.165, 1.54) is 6.07 Å². The number of benzene rings is 2. The van der Waals surface area contributed by atoms with Crippen LogP contribution < -0.4 is 5.32 Å². The van der Waals surface area contributed by atoms with Crippen LogP contribution in [-0.2, 0) is 4.79 Å². The van der Waals surface area contributed by atoms with Gasteiger partial charge >= 0.3 is 0 Å². The van der Waals surface area contributed by atoms with Crippen LogP contribution in [0.2, 0.25) is 0 Å². The number of phenolic OH excluding ortho intramolecular Hbond substituents is 1. The van der Waals surface area contributed by atoms with Crippen LogP contribution in [-0.4, -0.2) is 16.1 Å². The lowest BCUT2D eigenvalue weighted by atomic mass is 10.1. The van der Waals surface area contributed by atoms with Gasteiger partial charge in [-0.1, -0.05) is 42.5 Å². The van der Waals surface area contributed by atoms with Crippen molar-refractivity contribution in [2.24, 2.45) is 0 Å². The Morgan fingerprint density at radius 2 is 1.85 bits per heavy atom. The SMILES string of the molecule is Cc1cccc(O)c1NC(=O)CC(O)c1ccccc1. The lowest BCUT2D eigenvalue weighted by molar-refractivity contribution is -0.118. The summed E-state index contributed by atoms with van der Waals surface area (Å²) in [5.74, 6) is -0.321. The molecule has 0 fully saturated rings.